The van der Waals surface area contributed by atoms with E-state index in [-0.39, 0.29) is 35.6 Å². The van der Waals surface area contributed by atoms with Crippen LogP contribution in [0.1, 0.15) is 98.0 Å². The molecule has 1 N–H and O–H groups in total. The summed E-state index contributed by atoms with van der Waals surface area (Å²) in [4.78, 5) is 19.9. The Labute approximate surface area is 336 Å². The number of sulfonamides is 1. The Bertz CT molecular complexity index is 2300. The number of aromatic nitrogens is 4. The Hall–Kier alpha value is -4.32. The van der Waals surface area contributed by atoms with Gasteiger partial charge in [-0.15, -0.1) is 10.2 Å². The van der Waals surface area contributed by atoms with Crippen molar-refractivity contribution in [1.29, 1.82) is 0 Å². The van der Waals surface area contributed by atoms with Crippen molar-refractivity contribution in [3.63, 3.8) is 0 Å². The van der Waals surface area contributed by atoms with E-state index in [4.69, 9.17) is 19.2 Å². The molecule has 0 bridgehead atoms. The second-order valence-electron chi connectivity index (χ2n) is 16.6. The van der Waals surface area contributed by atoms with Crippen molar-refractivity contribution in [2.24, 2.45) is 5.41 Å². The van der Waals surface area contributed by atoms with E-state index in [9.17, 15) is 31.5 Å². The third kappa shape index (κ3) is 8.02. The average Bonchev–Trinajstić information content (AvgIpc) is 3.59. The SMILES string of the molecule is Cc1ccc([C@@H](c2ccn3c(C(F)(F)F)nnc3c2C)C(C)(C)C(=O)O)cc1CN1CC2(CCOCC2)Oc2nc(O[C@@H](C)CN3CCCCC3)c(C)cc2S1(=O)=O. The molecule has 2 saturated heterocycles. The van der Waals surface area contributed by atoms with E-state index in [2.05, 4.69) is 15.1 Å². The molecule has 1 spiro atoms. The number of alkyl halides is 3. The molecule has 13 nitrogen and oxygen atoms in total. The maximum atomic E-state index is 14.8. The molecule has 3 aliphatic rings. The van der Waals surface area contributed by atoms with Gasteiger partial charge < -0.3 is 19.3 Å². The number of ether oxygens (including phenoxy) is 3. The van der Waals surface area contributed by atoms with E-state index in [1.54, 1.807) is 45.9 Å². The number of benzene rings is 1. The first-order valence-electron chi connectivity index (χ1n) is 19.7. The number of likely N-dealkylation sites (tertiary alicyclic amines) is 1. The maximum absolute atomic E-state index is 14.8. The summed E-state index contributed by atoms with van der Waals surface area (Å²) < 4.78 is 91.8. The molecule has 0 unspecified atom stereocenters. The summed E-state index contributed by atoms with van der Waals surface area (Å²) in [6.45, 7) is 13.7. The predicted octanol–water partition coefficient (Wildman–Crippen LogP) is 6.70. The minimum atomic E-state index is -4.75. The second-order valence-corrected chi connectivity index (χ2v) is 18.5. The molecule has 0 radical (unpaired) electrons. The first-order valence-corrected chi connectivity index (χ1v) is 21.2. The van der Waals surface area contributed by atoms with Gasteiger partial charge in [0.05, 0.1) is 25.2 Å². The number of hydrogen-bond acceptors (Lipinski definition) is 10. The van der Waals surface area contributed by atoms with Gasteiger partial charge in [-0.05, 0) is 107 Å². The standard InChI is InChI=1S/C41H51F3N6O7S/c1-25-10-11-29(33(39(5,6)38(51)52)31-12-17-50-34(28(31)4)46-47-37(50)41(42,43)44)21-30(25)23-49-24-40(13-18-55-19-14-40)57-36-32(58(49,53)54)20-26(2)35(45-36)56-27(3)22-48-15-8-7-9-16-48/h10-12,17,20-21,27,33H,7-9,13-16,18-19,22-24H2,1-6H3,(H,51,52)/t27-,33-/m0/s1. The molecule has 1 aromatic carbocycles. The number of carbonyl (C=O) groups is 1. The Morgan fingerprint density at radius 1 is 1.02 bits per heavy atom. The van der Waals surface area contributed by atoms with E-state index in [0.717, 1.165) is 42.4 Å². The number of fused-ring (bicyclic) bond motifs is 2. The largest absolute Gasteiger partial charge is 0.481 e. The third-order valence-corrected chi connectivity index (χ3v) is 13.7. The van der Waals surface area contributed by atoms with E-state index in [0.29, 0.717) is 59.8 Å². The molecule has 4 aromatic rings. The summed E-state index contributed by atoms with van der Waals surface area (Å²) in [6.07, 6.45) is 0.623. The number of carboxylic acids is 1. The fourth-order valence-corrected chi connectivity index (χ4v) is 10.2. The molecule has 3 aromatic heterocycles. The molecule has 58 heavy (non-hydrogen) atoms. The number of nitrogens with zero attached hydrogens (tertiary/aromatic N) is 6. The van der Waals surface area contributed by atoms with Gasteiger partial charge >= 0.3 is 12.1 Å². The first kappa shape index (κ1) is 41.8. The number of carboxylic acid groups (broad SMARTS) is 1. The molecule has 17 heteroatoms. The van der Waals surface area contributed by atoms with Gasteiger partial charge in [0.15, 0.2) is 5.65 Å². The van der Waals surface area contributed by atoms with Gasteiger partial charge in [0.25, 0.3) is 0 Å². The lowest BCUT2D eigenvalue weighted by atomic mass is 9.70. The summed E-state index contributed by atoms with van der Waals surface area (Å²) in [5.74, 6) is -2.90. The summed E-state index contributed by atoms with van der Waals surface area (Å²) in [7, 11) is -4.23. The van der Waals surface area contributed by atoms with Crippen molar-refractivity contribution in [2.75, 3.05) is 39.4 Å². The van der Waals surface area contributed by atoms with Crippen LogP contribution in [0.25, 0.3) is 5.65 Å². The fraction of sp³-hybridized carbons (Fsp3) is 0.561. The van der Waals surface area contributed by atoms with Crippen LogP contribution >= 0.6 is 0 Å². The summed E-state index contributed by atoms with van der Waals surface area (Å²) in [5, 5.41) is 17.7. The normalized spacial score (nSPS) is 19.9. The zero-order chi connectivity index (χ0) is 41.8. The molecule has 2 atom stereocenters. The molecule has 0 aliphatic carbocycles. The number of pyridine rings is 2. The number of piperidine rings is 1. The van der Waals surface area contributed by atoms with Crippen LogP contribution in [-0.2, 0) is 32.3 Å². The van der Waals surface area contributed by atoms with Gasteiger partial charge in [-0.2, -0.15) is 22.5 Å². The fourth-order valence-electron chi connectivity index (χ4n) is 8.54. The number of aryl methyl sites for hydroxylation is 3. The molecule has 0 saturated carbocycles. The van der Waals surface area contributed by atoms with Crippen LogP contribution in [0.4, 0.5) is 13.2 Å². The zero-order valence-electron chi connectivity index (χ0n) is 33.7. The van der Waals surface area contributed by atoms with E-state index in [1.807, 2.05) is 19.9 Å². The lowest BCUT2D eigenvalue weighted by Gasteiger charge is -2.38. The van der Waals surface area contributed by atoms with Crippen molar-refractivity contribution >= 4 is 21.6 Å². The smallest absolute Gasteiger partial charge is 0.452 e. The van der Waals surface area contributed by atoms with Crippen molar-refractivity contribution < 1.29 is 45.7 Å². The van der Waals surface area contributed by atoms with Crippen molar-refractivity contribution in [2.45, 2.75) is 109 Å². The number of hydrogen-bond donors (Lipinski definition) is 1. The van der Waals surface area contributed by atoms with Gasteiger partial charge in [0.2, 0.25) is 27.6 Å². The van der Waals surface area contributed by atoms with Crippen molar-refractivity contribution in [3.8, 4) is 11.8 Å². The molecule has 0 amide bonds. The van der Waals surface area contributed by atoms with E-state index >= 15 is 0 Å². The van der Waals surface area contributed by atoms with Crippen molar-refractivity contribution in [3.05, 3.63) is 75.7 Å². The van der Waals surface area contributed by atoms with Crippen LogP contribution in [0.15, 0.2) is 41.4 Å². The topological polar surface area (TPSA) is 149 Å². The highest BCUT2D eigenvalue weighted by molar-refractivity contribution is 7.89. The quantitative estimate of drug-likeness (QED) is 0.182. The molecule has 3 aliphatic heterocycles. The number of aliphatic carboxylic acids is 1. The number of rotatable bonds is 10. The van der Waals surface area contributed by atoms with Crippen molar-refractivity contribution in [1.82, 2.24) is 28.8 Å². The Morgan fingerprint density at radius 3 is 2.40 bits per heavy atom. The monoisotopic (exact) mass is 828 g/mol. The molecule has 6 heterocycles. The van der Waals surface area contributed by atoms with Crippen LogP contribution in [0.5, 0.6) is 11.8 Å². The van der Waals surface area contributed by atoms with Gasteiger partial charge in [0.1, 0.15) is 16.6 Å². The Kier molecular flexibility index (Phi) is 11.3. The zero-order valence-corrected chi connectivity index (χ0v) is 34.5. The summed E-state index contributed by atoms with van der Waals surface area (Å²) in [6, 6.07) is 8.41. The lowest BCUT2D eigenvalue weighted by molar-refractivity contribution is -0.147. The van der Waals surface area contributed by atoms with E-state index in [1.165, 1.54) is 23.0 Å². The first-order chi connectivity index (χ1) is 27.3. The third-order valence-electron chi connectivity index (χ3n) is 11.9. The number of halogens is 3. The van der Waals surface area contributed by atoms with E-state index < -0.39 is 44.9 Å². The Balaban J connectivity index is 1.27. The maximum Gasteiger partial charge on any atom is 0.452 e. The highest BCUT2D eigenvalue weighted by Crippen LogP contribution is 2.45. The van der Waals surface area contributed by atoms with Gasteiger partial charge in [0, 0.05) is 43.6 Å². The average molecular weight is 829 g/mol. The predicted molar refractivity (Wildman–Crippen MR) is 208 cm³/mol. The van der Waals surface area contributed by atoms with Gasteiger partial charge in [-0.25, -0.2) is 8.42 Å². The van der Waals surface area contributed by atoms with Gasteiger partial charge in [-0.3, -0.25) is 14.1 Å². The lowest BCUT2D eigenvalue weighted by Crippen LogP contribution is -2.50. The molecule has 2 fully saturated rings. The molecule has 7 rings (SSSR count). The highest BCUT2D eigenvalue weighted by Gasteiger charge is 2.47. The van der Waals surface area contributed by atoms with Crippen LogP contribution in [0.3, 0.4) is 0 Å². The minimum Gasteiger partial charge on any atom is -0.481 e. The minimum absolute atomic E-state index is 0.00751. The molecular weight excluding hydrogens is 778 g/mol. The van der Waals surface area contributed by atoms with Crippen LogP contribution in [0.2, 0.25) is 0 Å². The Morgan fingerprint density at radius 2 is 1.72 bits per heavy atom. The summed E-state index contributed by atoms with van der Waals surface area (Å²) >= 11 is 0. The van der Waals surface area contributed by atoms with Gasteiger partial charge in [-0.1, -0.05) is 24.6 Å². The van der Waals surface area contributed by atoms with Crippen LogP contribution < -0.4 is 9.47 Å². The summed E-state index contributed by atoms with van der Waals surface area (Å²) in [5.41, 5.74) is 0.799. The molecule has 314 valence electrons. The van der Waals surface area contributed by atoms with Crippen LogP contribution in [-0.4, -0.2) is 99.4 Å². The second kappa shape index (κ2) is 15.7. The van der Waals surface area contributed by atoms with Crippen LogP contribution in [0, 0.1) is 26.2 Å². The molecular formula is C41H51F3N6O7S. The highest BCUT2D eigenvalue weighted by atomic mass is 32.2.